The molecule has 0 N–H and O–H groups in total. The number of rotatable bonds is 6. The summed E-state index contributed by atoms with van der Waals surface area (Å²) in [6.07, 6.45) is 1.12. The van der Waals surface area contributed by atoms with Crippen molar-refractivity contribution in [2.75, 3.05) is 24.7 Å². The molecule has 3 aromatic rings. The third kappa shape index (κ3) is 4.07. The van der Waals surface area contributed by atoms with Crippen LogP contribution in [0.15, 0.2) is 40.2 Å². The summed E-state index contributed by atoms with van der Waals surface area (Å²) in [5.41, 5.74) is 1.45. The molecule has 0 atom stereocenters. The summed E-state index contributed by atoms with van der Waals surface area (Å²) in [7, 11) is -0.345. The van der Waals surface area contributed by atoms with Crippen LogP contribution < -0.4 is 4.31 Å². The van der Waals surface area contributed by atoms with Gasteiger partial charge in [0, 0.05) is 19.7 Å². The molecule has 2 heterocycles. The lowest BCUT2D eigenvalue weighted by Gasteiger charge is -2.22. The van der Waals surface area contributed by atoms with Gasteiger partial charge in [-0.05, 0) is 36.1 Å². The molecule has 1 aromatic carbocycles. The predicted octanol–water partition coefficient (Wildman–Crippen LogP) is 2.77. The minimum absolute atomic E-state index is 0.142. The summed E-state index contributed by atoms with van der Waals surface area (Å²) < 4.78 is 30.1. The Kier molecular flexibility index (Phi) is 5.52. The van der Waals surface area contributed by atoms with E-state index in [-0.39, 0.29) is 12.5 Å². The largest absolute Gasteiger partial charge is 0.337 e. The van der Waals surface area contributed by atoms with E-state index >= 15 is 0 Å². The van der Waals surface area contributed by atoms with Crippen molar-refractivity contribution in [3.05, 3.63) is 52.7 Å². The van der Waals surface area contributed by atoms with Gasteiger partial charge in [0.25, 0.3) is 5.91 Å². The van der Waals surface area contributed by atoms with Crippen molar-refractivity contribution in [3.8, 4) is 10.7 Å². The normalized spacial score (nSPS) is 11.4. The first-order valence-corrected chi connectivity index (χ1v) is 11.1. The Morgan fingerprint density at radius 3 is 2.61 bits per heavy atom. The molecule has 0 saturated carbocycles. The number of nitrogens with zero attached hydrogens (tertiary/aromatic N) is 4. The van der Waals surface area contributed by atoms with Gasteiger partial charge in [0.2, 0.25) is 21.7 Å². The van der Waals surface area contributed by atoms with Crippen LogP contribution in [0.5, 0.6) is 0 Å². The number of carbonyl (C=O) groups excluding carboxylic acids is 1. The molecule has 10 heteroatoms. The number of thiophene rings is 1. The Morgan fingerprint density at radius 1 is 1.21 bits per heavy atom. The fourth-order valence-corrected chi connectivity index (χ4v) is 3.88. The minimum Gasteiger partial charge on any atom is -0.337 e. The van der Waals surface area contributed by atoms with E-state index in [9.17, 15) is 13.2 Å². The number of aromatic nitrogens is 2. The van der Waals surface area contributed by atoms with Crippen LogP contribution in [0.1, 0.15) is 21.8 Å². The van der Waals surface area contributed by atoms with Gasteiger partial charge in [0.05, 0.1) is 23.4 Å². The molecular weight excluding hydrogens is 400 g/mol. The maximum absolute atomic E-state index is 12.9. The van der Waals surface area contributed by atoms with Crippen LogP contribution in [0.4, 0.5) is 5.69 Å². The number of carbonyl (C=O) groups is 1. The Morgan fingerprint density at radius 2 is 1.96 bits per heavy atom. The third-order valence-electron chi connectivity index (χ3n) is 4.30. The molecule has 3 rings (SSSR count). The highest BCUT2D eigenvalue weighted by atomic mass is 32.2. The van der Waals surface area contributed by atoms with E-state index in [4.69, 9.17) is 4.52 Å². The predicted molar refractivity (Wildman–Crippen MR) is 108 cm³/mol. The van der Waals surface area contributed by atoms with Crippen LogP contribution in [0.25, 0.3) is 10.7 Å². The van der Waals surface area contributed by atoms with E-state index in [1.165, 1.54) is 23.3 Å². The smallest absolute Gasteiger partial charge is 0.254 e. The van der Waals surface area contributed by atoms with Crippen molar-refractivity contribution in [2.24, 2.45) is 0 Å². The molecule has 0 unspecified atom stereocenters. The van der Waals surface area contributed by atoms with E-state index in [0.717, 1.165) is 15.4 Å². The van der Waals surface area contributed by atoms with Crippen LogP contribution in [-0.4, -0.2) is 49.7 Å². The quantitative estimate of drug-likeness (QED) is 0.608. The maximum atomic E-state index is 12.9. The van der Waals surface area contributed by atoms with Gasteiger partial charge < -0.3 is 9.42 Å². The van der Waals surface area contributed by atoms with Gasteiger partial charge in [0.1, 0.15) is 0 Å². The Labute approximate surface area is 167 Å². The topological polar surface area (TPSA) is 96.6 Å². The molecule has 0 saturated heterocycles. The van der Waals surface area contributed by atoms with E-state index in [2.05, 4.69) is 10.1 Å². The molecular formula is C18H20N4O4S2. The molecule has 0 spiro atoms. The van der Waals surface area contributed by atoms with E-state index in [1.54, 1.807) is 32.2 Å². The lowest BCUT2D eigenvalue weighted by atomic mass is 10.1. The highest BCUT2D eigenvalue weighted by Crippen LogP contribution is 2.25. The second-order valence-corrected chi connectivity index (χ2v) is 9.29. The van der Waals surface area contributed by atoms with Gasteiger partial charge in [-0.2, -0.15) is 4.98 Å². The van der Waals surface area contributed by atoms with Crippen molar-refractivity contribution in [1.82, 2.24) is 15.0 Å². The number of amides is 1. The first kappa shape index (κ1) is 20.0. The zero-order chi connectivity index (χ0) is 20.5. The van der Waals surface area contributed by atoms with E-state index in [1.807, 2.05) is 17.5 Å². The fourth-order valence-electron chi connectivity index (χ4n) is 2.68. The van der Waals surface area contributed by atoms with Gasteiger partial charge in [-0.15, -0.1) is 11.3 Å². The molecule has 0 fully saturated rings. The van der Waals surface area contributed by atoms with Crippen LogP contribution >= 0.6 is 11.3 Å². The number of hydrogen-bond donors (Lipinski definition) is 0. The average molecular weight is 421 g/mol. The molecule has 2 aromatic heterocycles. The fraction of sp³-hybridized carbons (Fsp3) is 0.278. The van der Waals surface area contributed by atoms with Crippen molar-refractivity contribution in [1.29, 1.82) is 0 Å². The first-order valence-electron chi connectivity index (χ1n) is 8.34. The second-order valence-electron chi connectivity index (χ2n) is 6.33. The van der Waals surface area contributed by atoms with E-state index in [0.29, 0.717) is 28.5 Å². The average Bonchev–Trinajstić information content (AvgIpc) is 3.31. The summed E-state index contributed by atoms with van der Waals surface area (Å²) in [5.74, 6) is 0.539. The van der Waals surface area contributed by atoms with Gasteiger partial charge in [-0.25, -0.2) is 8.42 Å². The first-order chi connectivity index (χ1) is 13.2. The lowest BCUT2D eigenvalue weighted by molar-refractivity contribution is 0.0769. The summed E-state index contributed by atoms with van der Waals surface area (Å²) in [6, 6.07) is 8.78. The number of sulfonamides is 1. The van der Waals surface area contributed by atoms with Gasteiger partial charge in [0.15, 0.2) is 0 Å². The van der Waals surface area contributed by atoms with Crippen LogP contribution in [-0.2, 0) is 16.6 Å². The Hall–Kier alpha value is -2.72. The van der Waals surface area contributed by atoms with Crippen LogP contribution in [0.3, 0.4) is 0 Å². The van der Waals surface area contributed by atoms with Crippen molar-refractivity contribution in [2.45, 2.75) is 13.5 Å². The highest BCUT2D eigenvalue weighted by molar-refractivity contribution is 7.92. The Bertz CT molecular complexity index is 1090. The SMILES string of the molecule is Cc1c(C(=O)N(C)Cc2nc(-c3cccs3)no2)cccc1N(C)S(C)(=O)=O. The molecule has 0 aliphatic rings. The van der Waals surface area contributed by atoms with Gasteiger partial charge in [-0.3, -0.25) is 9.10 Å². The van der Waals surface area contributed by atoms with Crippen LogP contribution in [0, 0.1) is 6.92 Å². The summed E-state index contributed by atoms with van der Waals surface area (Å²) in [5, 5.41) is 5.86. The summed E-state index contributed by atoms with van der Waals surface area (Å²) in [6.45, 7) is 1.86. The molecule has 0 radical (unpaired) electrons. The number of hydrogen-bond acceptors (Lipinski definition) is 7. The van der Waals surface area contributed by atoms with Crippen LogP contribution in [0.2, 0.25) is 0 Å². The Balaban J connectivity index is 1.80. The van der Waals surface area contributed by atoms with Crippen molar-refractivity contribution < 1.29 is 17.7 Å². The summed E-state index contributed by atoms with van der Waals surface area (Å²) >= 11 is 1.50. The maximum Gasteiger partial charge on any atom is 0.254 e. The minimum atomic E-state index is -3.43. The van der Waals surface area contributed by atoms with Crippen molar-refractivity contribution in [3.63, 3.8) is 0 Å². The zero-order valence-electron chi connectivity index (χ0n) is 15.9. The molecule has 28 heavy (non-hydrogen) atoms. The highest BCUT2D eigenvalue weighted by Gasteiger charge is 2.22. The van der Waals surface area contributed by atoms with E-state index < -0.39 is 10.0 Å². The third-order valence-corrected chi connectivity index (χ3v) is 6.36. The number of anilines is 1. The molecule has 148 valence electrons. The molecule has 0 aliphatic heterocycles. The van der Waals surface area contributed by atoms with Crippen molar-refractivity contribution >= 4 is 33.0 Å². The monoisotopic (exact) mass is 420 g/mol. The van der Waals surface area contributed by atoms with Gasteiger partial charge >= 0.3 is 0 Å². The molecule has 0 bridgehead atoms. The standard InChI is InChI=1S/C18H20N4O4S2/c1-12-13(7-5-8-14(12)22(3)28(4,24)25)18(23)21(2)11-16-19-17(20-26-16)15-9-6-10-27-15/h5-10H,11H2,1-4H3. The zero-order valence-corrected chi connectivity index (χ0v) is 17.5. The van der Waals surface area contributed by atoms with Gasteiger partial charge in [-0.1, -0.05) is 17.3 Å². The molecule has 1 amide bonds. The lowest BCUT2D eigenvalue weighted by Crippen LogP contribution is -2.29. The molecule has 8 nitrogen and oxygen atoms in total. The second kappa shape index (κ2) is 7.72. The molecule has 0 aliphatic carbocycles. The summed E-state index contributed by atoms with van der Waals surface area (Å²) in [4.78, 5) is 19.6. The number of benzene rings is 1.